The highest BCUT2D eigenvalue weighted by molar-refractivity contribution is 5.79. The van der Waals surface area contributed by atoms with E-state index < -0.39 is 0 Å². The second-order valence-corrected chi connectivity index (χ2v) is 7.75. The van der Waals surface area contributed by atoms with Crippen LogP contribution in [0.3, 0.4) is 0 Å². The molecule has 1 saturated heterocycles. The van der Waals surface area contributed by atoms with Crippen LogP contribution < -0.4 is 10.2 Å². The van der Waals surface area contributed by atoms with Crippen LogP contribution in [0.2, 0.25) is 0 Å². The number of aldehydes is 1. The normalized spacial score (nSPS) is 14.3. The molecule has 0 unspecified atom stereocenters. The summed E-state index contributed by atoms with van der Waals surface area (Å²) < 4.78 is 0. The number of benzene rings is 3. The van der Waals surface area contributed by atoms with Crippen LogP contribution in [0.4, 0.5) is 5.69 Å². The van der Waals surface area contributed by atoms with E-state index in [1.165, 1.54) is 5.56 Å². The molecule has 0 aromatic heterocycles. The van der Waals surface area contributed by atoms with Gasteiger partial charge in [0.1, 0.15) is 6.29 Å². The highest BCUT2D eigenvalue weighted by atomic mass is 16.1. The molecular weight excluding hydrogens is 372 g/mol. The molecule has 1 N–H and O–H groups in total. The van der Waals surface area contributed by atoms with Gasteiger partial charge in [0.25, 0.3) is 0 Å². The molecule has 3 aromatic rings. The number of nitrogens with one attached hydrogen (secondary N) is 1. The lowest BCUT2D eigenvalue weighted by Crippen LogP contribution is -2.40. The minimum Gasteiger partial charge on any atom is -0.371 e. The third-order valence-corrected chi connectivity index (χ3v) is 5.76. The largest absolute Gasteiger partial charge is 0.371 e. The van der Waals surface area contributed by atoms with E-state index in [1.54, 1.807) is 0 Å². The predicted octanol–water partition coefficient (Wildman–Crippen LogP) is 4.70. The molecule has 0 atom stereocenters. The lowest BCUT2D eigenvalue weighted by atomic mass is 9.95. The maximum absolute atomic E-state index is 12.7. The fourth-order valence-corrected chi connectivity index (χ4v) is 3.99. The fourth-order valence-electron chi connectivity index (χ4n) is 3.99. The Bertz CT molecular complexity index is 991. The van der Waals surface area contributed by atoms with Gasteiger partial charge in [0.15, 0.2) is 0 Å². The van der Waals surface area contributed by atoms with E-state index in [4.69, 9.17) is 0 Å². The molecule has 1 fully saturated rings. The lowest BCUT2D eigenvalue weighted by molar-refractivity contribution is -0.125. The molecular formula is C26H26N2O2. The molecule has 1 heterocycles. The molecule has 4 rings (SSSR count). The van der Waals surface area contributed by atoms with Gasteiger partial charge in [-0.05, 0) is 59.9 Å². The predicted molar refractivity (Wildman–Crippen MR) is 120 cm³/mol. The van der Waals surface area contributed by atoms with Gasteiger partial charge < -0.3 is 10.2 Å². The summed E-state index contributed by atoms with van der Waals surface area (Å²) in [5.41, 5.74) is 5.24. The van der Waals surface area contributed by atoms with Crippen LogP contribution in [-0.4, -0.2) is 25.3 Å². The average Bonchev–Trinajstić information content (AvgIpc) is 2.83. The molecule has 0 spiro atoms. The molecule has 0 saturated carbocycles. The van der Waals surface area contributed by atoms with Crippen molar-refractivity contribution in [2.45, 2.75) is 19.4 Å². The van der Waals surface area contributed by atoms with Gasteiger partial charge in [-0.15, -0.1) is 0 Å². The van der Waals surface area contributed by atoms with Crippen molar-refractivity contribution in [3.8, 4) is 11.1 Å². The third kappa shape index (κ3) is 4.77. The number of rotatable bonds is 6. The molecule has 0 aliphatic carbocycles. The number of hydrogen-bond donors (Lipinski definition) is 1. The van der Waals surface area contributed by atoms with Gasteiger partial charge >= 0.3 is 0 Å². The first-order valence-corrected chi connectivity index (χ1v) is 10.5. The fraction of sp³-hybridized carbons (Fsp3) is 0.231. The molecule has 0 radical (unpaired) electrons. The number of anilines is 1. The summed E-state index contributed by atoms with van der Waals surface area (Å²) in [6, 6.07) is 26.2. The Morgan fingerprint density at radius 1 is 0.900 bits per heavy atom. The number of carbonyl (C=O) groups is 2. The maximum Gasteiger partial charge on any atom is 0.223 e. The van der Waals surface area contributed by atoms with Gasteiger partial charge in [-0.3, -0.25) is 9.59 Å². The lowest BCUT2D eigenvalue weighted by Gasteiger charge is -2.33. The van der Waals surface area contributed by atoms with E-state index in [0.717, 1.165) is 49.0 Å². The minimum absolute atomic E-state index is 0.0489. The second-order valence-electron chi connectivity index (χ2n) is 7.75. The molecule has 152 valence electrons. The summed E-state index contributed by atoms with van der Waals surface area (Å²) in [6.45, 7) is 2.25. The average molecular weight is 399 g/mol. The quantitative estimate of drug-likeness (QED) is 0.613. The highest BCUT2D eigenvalue weighted by Crippen LogP contribution is 2.24. The van der Waals surface area contributed by atoms with Crippen molar-refractivity contribution in [1.82, 2.24) is 5.32 Å². The molecule has 30 heavy (non-hydrogen) atoms. The Labute approximate surface area is 177 Å². The molecule has 4 heteroatoms. The van der Waals surface area contributed by atoms with Crippen LogP contribution in [0, 0.1) is 5.92 Å². The van der Waals surface area contributed by atoms with E-state index in [1.807, 2.05) is 48.5 Å². The Hall–Kier alpha value is -3.40. The van der Waals surface area contributed by atoms with Gasteiger partial charge in [-0.25, -0.2) is 0 Å². The zero-order valence-corrected chi connectivity index (χ0v) is 17.0. The van der Waals surface area contributed by atoms with Gasteiger partial charge in [-0.1, -0.05) is 48.5 Å². The highest BCUT2D eigenvalue weighted by Gasteiger charge is 2.25. The SMILES string of the molecule is O=Cc1ccc(N2CCC(C(=O)NCc3cccc(-c4ccccc4)c3)CC2)cc1. The van der Waals surface area contributed by atoms with E-state index in [9.17, 15) is 9.59 Å². The Balaban J connectivity index is 1.29. The number of amides is 1. The van der Waals surface area contributed by atoms with Crippen LogP contribution >= 0.6 is 0 Å². The number of hydrogen-bond acceptors (Lipinski definition) is 3. The monoisotopic (exact) mass is 398 g/mol. The van der Waals surface area contributed by atoms with Gasteiger partial charge in [0, 0.05) is 36.8 Å². The maximum atomic E-state index is 12.7. The first-order valence-electron chi connectivity index (χ1n) is 10.5. The molecule has 1 aliphatic rings. The van der Waals surface area contributed by atoms with Crippen LogP contribution in [0.25, 0.3) is 11.1 Å². The summed E-state index contributed by atoms with van der Waals surface area (Å²) in [7, 11) is 0. The Morgan fingerprint density at radius 2 is 1.60 bits per heavy atom. The van der Waals surface area contributed by atoms with Crippen molar-refractivity contribution in [2.24, 2.45) is 5.92 Å². The number of carbonyl (C=O) groups excluding carboxylic acids is 2. The summed E-state index contributed by atoms with van der Waals surface area (Å²) in [5.74, 6) is 0.184. The van der Waals surface area contributed by atoms with Crippen molar-refractivity contribution in [1.29, 1.82) is 0 Å². The Morgan fingerprint density at radius 3 is 2.30 bits per heavy atom. The van der Waals surface area contributed by atoms with Crippen molar-refractivity contribution in [2.75, 3.05) is 18.0 Å². The zero-order chi connectivity index (χ0) is 20.8. The van der Waals surface area contributed by atoms with E-state index in [-0.39, 0.29) is 11.8 Å². The molecule has 0 bridgehead atoms. The second kappa shape index (κ2) is 9.40. The molecule has 1 amide bonds. The van der Waals surface area contributed by atoms with Crippen molar-refractivity contribution < 1.29 is 9.59 Å². The van der Waals surface area contributed by atoms with Crippen molar-refractivity contribution in [3.63, 3.8) is 0 Å². The standard InChI is InChI=1S/C26H26N2O2/c29-19-20-9-11-25(12-10-20)28-15-13-23(14-16-28)26(30)27-18-21-5-4-8-24(17-21)22-6-2-1-3-7-22/h1-12,17,19,23H,13-16,18H2,(H,27,30). The minimum atomic E-state index is 0.0489. The van der Waals surface area contributed by atoms with Crippen LogP contribution in [0.1, 0.15) is 28.8 Å². The number of piperidine rings is 1. The first-order chi connectivity index (χ1) is 14.7. The van der Waals surface area contributed by atoms with E-state index >= 15 is 0 Å². The molecule has 4 nitrogen and oxygen atoms in total. The zero-order valence-electron chi connectivity index (χ0n) is 17.0. The topological polar surface area (TPSA) is 49.4 Å². The van der Waals surface area contributed by atoms with Crippen molar-refractivity contribution in [3.05, 3.63) is 90.0 Å². The molecule has 3 aromatic carbocycles. The summed E-state index contributed by atoms with van der Waals surface area (Å²) >= 11 is 0. The van der Waals surface area contributed by atoms with Crippen LogP contribution in [0.15, 0.2) is 78.9 Å². The number of nitrogens with zero attached hydrogens (tertiary/aromatic N) is 1. The van der Waals surface area contributed by atoms with Crippen LogP contribution in [-0.2, 0) is 11.3 Å². The van der Waals surface area contributed by atoms with Gasteiger partial charge in [-0.2, -0.15) is 0 Å². The molecule has 1 aliphatic heterocycles. The first kappa shape index (κ1) is 19.9. The van der Waals surface area contributed by atoms with Crippen molar-refractivity contribution >= 4 is 17.9 Å². The Kier molecular flexibility index (Phi) is 6.23. The third-order valence-electron chi connectivity index (χ3n) is 5.76. The summed E-state index contributed by atoms with van der Waals surface area (Å²) in [4.78, 5) is 25.8. The van der Waals surface area contributed by atoms with Crippen LogP contribution in [0.5, 0.6) is 0 Å². The summed E-state index contributed by atoms with van der Waals surface area (Å²) in [5, 5.41) is 3.12. The van der Waals surface area contributed by atoms with E-state index in [0.29, 0.717) is 12.1 Å². The smallest absolute Gasteiger partial charge is 0.223 e. The van der Waals surface area contributed by atoms with Gasteiger partial charge in [0.2, 0.25) is 5.91 Å². The van der Waals surface area contributed by atoms with Gasteiger partial charge in [0.05, 0.1) is 0 Å². The van der Waals surface area contributed by atoms with E-state index in [2.05, 4.69) is 40.5 Å². The summed E-state index contributed by atoms with van der Waals surface area (Å²) in [6.07, 6.45) is 2.53.